The van der Waals surface area contributed by atoms with E-state index in [0.29, 0.717) is 6.04 Å². The fraction of sp³-hybridized carbons (Fsp3) is 0.389. The molecular weight excluding hydrogens is 258 g/mol. The first-order valence-corrected chi connectivity index (χ1v) is 7.62. The Morgan fingerprint density at radius 3 is 2.57 bits per heavy atom. The zero-order chi connectivity index (χ0) is 15.2. The van der Waals surface area contributed by atoms with Crippen molar-refractivity contribution in [1.82, 2.24) is 10.3 Å². The number of aryl methyl sites for hydroxylation is 1. The second kappa shape index (κ2) is 7.23. The first kappa shape index (κ1) is 15.5. The summed E-state index contributed by atoms with van der Waals surface area (Å²) in [5, 5.41) is 3.41. The van der Waals surface area contributed by atoms with Crippen molar-refractivity contribution in [3.05, 3.63) is 53.7 Å². The molecule has 112 valence electrons. The van der Waals surface area contributed by atoms with Crippen molar-refractivity contribution in [3.63, 3.8) is 0 Å². The second-order valence-corrected chi connectivity index (χ2v) is 5.64. The lowest BCUT2D eigenvalue weighted by atomic mass is 10.2. The highest BCUT2D eigenvalue weighted by atomic mass is 15.2. The molecule has 0 aliphatic rings. The number of anilines is 2. The van der Waals surface area contributed by atoms with Crippen molar-refractivity contribution in [2.75, 3.05) is 11.4 Å². The summed E-state index contributed by atoms with van der Waals surface area (Å²) >= 11 is 0. The van der Waals surface area contributed by atoms with E-state index in [2.05, 4.69) is 79.3 Å². The number of rotatable bonds is 6. The minimum absolute atomic E-state index is 0.490. The Morgan fingerprint density at radius 1 is 1.19 bits per heavy atom. The van der Waals surface area contributed by atoms with Gasteiger partial charge in [0.25, 0.3) is 0 Å². The monoisotopic (exact) mass is 283 g/mol. The molecule has 0 atom stereocenters. The van der Waals surface area contributed by atoms with E-state index < -0.39 is 0 Å². The predicted molar refractivity (Wildman–Crippen MR) is 90.1 cm³/mol. The van der Waals surface area contributed by atoms with Crippen LogP contribution in [0.4, 0.5) is 11.5 Å². The quantitative estimate of drug-likeness (QED) is 0.867. The number of pyridine rings is 1. The zero-order valence-electron chi connectivity index (χ0n) is 13.4. The normalized spacial score (nSPS) is 10.9. The number of nitrogens with one attached hydrogen (secondary N) is 1. The highest BCUT2D eigenvalue weighted by Crippen LogP contribution is 2.24. The molecule has 0 spiro atoms. The average Bonchev–Trinajstić information content (AvgIpc) is 2.47. The third-order valence-electron chi connectivity index (χ3n) is 3.43. The molecule has 0 saturated carbocycles. The number of hydrogen-bond acceptors (Lipinski definition) is 3. The zero-order valence-corrected chi connectivity index (χ0v) is 13.4. The molecule has 0 radical (unpaired) electrons. The molecule has 21 heavy (non-hydrogen) atoms. The Morgan fingerprint density at radius 2 is 2.00 bits per heavy atom. The lowest BCUT2D eigenvalue weighted by Gasteiger charge is -2.22. The summed E-state index contributed by atoms with van der Waals surface area (Å²) in [6.45, 7) is 10.3. The number of nitrogens with zero attached hydrogens (tertiary/aromatic N) is 2. The largest absolute Gasteiger partial charge is 0.327 e. The van der Waals surface area contributed by atoms with E-state index in [0.717, 1.165) is 18.9 Å². The van der Waals surface area contributed by atoms with E-state index in [1.54, 1.807) is 0 Å². The van der Waals surface area contributed by atoms with Crippen molar-refractivity contribution in [3.8, 4) is 0 Å². The summed E-state index contributed by atoms with van der Waals surface area (Å²) in [5.41, 5.74) is 3.68. The SMILES string of the molecule is CCN(c1cccc(C)c1)c1ccc(CNC(C)C)cn1. The van der Waals surface area contributed by atoms with Crippen LogP contribution in [0.2, 0.25) is 0 Å². The number of aromatic nitrogens is 1. The van der Waals surface area contributed by atoms with Gasteiger partial charge in [-0.3, -0.25) is 0 Å². The van der Waals surface area contributed by atoms with Crippen LogP contribution in [0.1, 0.15) is 31.9 Å². The van der Waals surface area contributed by atoms with Gasteiger partial charge < -0.3 is 10.2 Å². The van der Waals surface area contributed by atoms with Crippen LogP contribution in [-0.2, 0) is 6.54 Å². The first-order chi connectivity index (χ1) is 10.1. The van der Waals surface area contributed by atoms with Crippen LogP contribution in [-0.4, -0.2) is 17.6 Å². The molecule has 0 aliphatic heterocycles. The topological polar surface area (TPSA) is 28.2 Å². The van der Waals surface area contributed by atoms with Crippen LogP contribution in [0, 0.1) is 6.92 Å². The fourth-order valence-electron chi connectivity index (χ4n) is 2.28. The van der Waals surface area contributed by atoms with Crippen LogP contribution in [0.5, 0.6) is 0 Å². The predicted octanol–water partition coefficient (Wildman–Crippen LogP) is 4.05. The Balaban J connectivity index is 2.15. The maximum absolute atomic E-state index is 4.62. The molecule has 0 amide bonds. The second-order valence-electron chi connectivity index (χ2n) is 5.64. The Bertz CT molecular complexity index is 561. The van der Waals surface area contributed by atoms with Crippen molar-refractivity contribution in [2.24, 2.45) is 0 Å². The molecule has 1 heterocycles. The maximum Gasteiger partial charge on any atom is 0.132 e. The molecule has 0 unspecified atom stereocenters. The summed E-state index contributed by atoms with van der Waals surface area (Å²) in [7, 11) is 0. The smallest absolute Gasteiger partial charge is 0.132 e. The van der Waals surface area contributed by atoms with E-state index >= 15 is 0 Å². The van der Waals surface area contributed by atoms with E-state index in [1.807, 2.05) is 6.20 Å². The molecule has 0 fully saturated rings. The van der Waals surface area contributed by atoms with E-state index in [9.17, 15) is 0 Å². The molecule has 3 heteroatoms. The summed E-state index contributed by atoms with van der Waals surface area (Å²) in [5.74, 6) is 0.997. The Kier molecular flexibility index (Phi) is 5.34. The summed E-state index contributed by atoms with van der Waals surface area (Å²) in [4.78, 5) is 6.85. The number of hydrogen-bond donors (Lipinski definition) is 1. The van der Waals surface area contributed by atoms with E-state index in [-0.39, 0.29) is 0 Å². The van der Waals surface area contributed by atoms with Gasteiger partial charge in [-0.2, -0.15) is 0 Å². The van der Waals surface area contributed by atoms with Gasteiger partial charge in [0.1, 0.15) is 5.82 Å². The summed E-state index contributed by atoms with van der Waals surface area (Å²) in [6.07, 6.45) is 1.96. The van der Waals surface area contributed by atoms with Crippen LogP contribution >= 0.6 is 0 Å². The van der Waals surface area contributed by atoms with Crippen LogP contribution in [0.15, 0.2) is 42.6 Å². The third kappa shape index (κ3) is 4.30. The van der Waals surface area contributed by atoms with E-state index in [1.165, 1.54) is 16.8 Å². The Hall–Kier alpha value is -1.87. The molecule has 1 aromatic carbocycles. The summed E-state index contributed by atoms with van der Waals surface area (Å²) < 4.78 is 0. The third-order valence-corrected chi connectivity index (χ3v) is 3.43. The van der Waals surface area contributed by atoms with Crippen LogP contribution < -0.4 is 10.2 Å². The minimum Gasteiger partial charge on any atom is -0.327 e. The molecule has 0 bridgehead atoms. The van der Waals surface area contributed by atoms with Crippen molar-refractivity contribution in [1.29, 1.82) is 0 Å². The highest BCUT2D eigenvalue weighted by molar-refractivity contribution is 5.60. The van der Waals surface area contributed by atoms with Gasteiger partial charge >= 0.3 is 0 Å². The number of benzene rings is 1. The lowest BCUT2D eigenvalue weighted by Crippen LogP contribution is -2.22. The van der Waals surface area contributed by atoms with Gasteiger partial charge in [0.15, 0.2) is 0 Å². The fourth-order valence-corrected chi connectivity index (χ4v) is 2.28. The Labute approximate surface area is 128 Å². The van der Waals surface area contributed by atoms with Gasteiger partial charge in [0.05, 0.1) is 0 Å². The minimum atomic E-state index is 0.490. The average molecular weight is 283 g/mol. The van der Waals surface area contributed by atoms with Gasteiger partial charge in [-0.05, 0) is 43.2 Å². The molecule has 1 aromatic heterocycles. The molecule has 1 N–H and O–H groups in total. The van der Waals surface area contributed by atoms with Crippen molar-refractivity contribution < 1.29 is 0 Å². The first-order valence-electron chi connectivity index (χ1n) is 7.62. The highest BCUT2D eigenvalue weighted by Gasteiger charge is 2.08. The van der Waals surface area contributed by atoms with Crippen LogP contribution in [0.25, 0.3) is 0 Å². The molecule has 0 aliphatic carbocycles. The van der Waals surface area contributed by atoms with Crippen molar-refractivity contribution >= 4 is 11.5 Å². The van der Waals surface area contributed by atoms with E-state index in [4.69, 9.17) is 0 Å². The van der Waals surface area contributed by atoms with Crippen molar-refractivity contribution in [2.45, 2.75) is 40.3 Å². The molecule has 2 rings (SSSR count). The molecular formula is C18H25N3. The van der Waals surface area contributed by atoms with Crippen LogP contribution in [0.3, 0.4) is 0 Å². The lowest BCUT2D eigenvalue weighted by molar-refractivity contribution is 0.588. The molecule has 2 aromatic rings. The van der Waals surface area contributed by atoms with Gasteiger partial charge in [0.2, 0.25) is 0 Å². The van der Waals surface area contributed by atoms with Gasteiger partial charge in [-0.15, -0.1) is 0 Å². The summed E-state index contributed by atoms with van der Waals surface area (Å²) in [6, 6.07) is 13.3. The van der Waals surface area contributed by atoms with Gasteiger partial charge in [-0.25, -0.2) is 4.98 Å². The van der Waals surface area contributed by atoms with Gasteiger partial charge in [0, 0.05) is 31.0 Å². The standard InChI is InChI=1S/C18H25N3/c1-5-21(17-8-6-7-15(4)11-17)18-10-9-16(13-20-18)12-19-14(2)3/h6-11,13-14,19H,5,12H2,1-4H3. The molecule has 3 nitrogen and oxygen atoms in total. The van der Waals surface area contributed by atoms with Gasteiger partial charge in [-0.1, -0.05) is 32.0 Å². The maximum atomic E-state index is 4.62. The molecule has 0 saturated heterocycles.